The maximum Gasteiger partial charge on any atom is 0.162 e. The molecule has 0 spiro atoms. The lowest BCUT2D eigenvalue weighted by Gasteiger charge is -2.42. The first-order chi connectivity index (χ1) is 34.7. The molecule has 0 radical (unpaired) electrons. The van der Waals surface area contributed by atoms with Crippen molar-refractivity contribution in [2.75, 3.05) is 0 Å². The standard InChI is InChI=1S/C64H42N4OS/c1-4-19-45(20-5-1)70(46-21-6-2-7-22-46,47-23-8-3-9-24-47)48-38-35-43(36-39-48)64-65-56(54-30-18-29-53-52-28-13-17-34-61(52)69-63(53)54)42-62(66-64)68-59-33-16-12-27-51(59)55-41-44(37-40-60(55)68)67-57-31-14-10-25-49(57)50-26-11-15-32-58(50)67/h1-42H. The average Bonchev–Trinajstić information content (AvgIpc) is 4.10. The van der Waals surface area contributed by atoms with Gasteiger partial charge in [-0.1, -0.05) is 152 Å². The first kappa shape index (κ1) is 40.1. The number of benzene rings is 10. The molecule has 0 bridgehead atoms. The third-order valence-electron chi connectivity index (χ3n) is 13.9. The van der Waals surface area contributed by atoms with Gasteiger partial charge in [-0.05, 0) is 97.1 Å². The van der Waals surface area contributed by atoms with E-state index in [0.29, 0.717) is 5.82 Å². The summed E-state index contributed by atoms with van der Waals surface area (Å²) in [7, 11) is -1.89. The topological polar surface area (TPSA) is 48.8 Å². The van der Waals surface area contributed by atoms with E-state index in [4.69, 9.17) is 14.4 Å². The molecule has 14 aromatic rings. The minimum Gasteiger partial charge on any atom is -0.455 e. The number of rotatable bonds is 8. The van der Waals surface area contributed by atoms with Gasteiger partial charge in [0.25, 0.3) is 0 Å². The fourth-order valence-electron chi connectivity index (χ4n) is 10.8. The first-order valence-electron chi connectivity index (χ1n) is 23.6. The zero-order valence-electron chi connectivity index (χ0n) is 37.9. The van der Waals surface area contributed by atoms with Crippen LogP contribution in [0.25, 0.3) is 99.7 Å². The maximum absolute atomic E-state index is 6.68. The van der Waals surface area contributed by atoms with Gasteiger partial charge in [-0.15, -0.1) is 10.0 Å². The minimum absolute atomic E-state index is 0.625. The van der Waals surface area contributed by atoms with Gasteiger partial charge in [0, 0.05) is 74.8 Å². The van der Waals surface area contributed by atoms with Crippen molar-refractivity contribution in [3.05, 3.63) is 255 Å². The molecule has 0 atom stereocenters. The van der Waals surface area contributed by atoms with Crippen LogP contribution in [0.2, 0.25) is 0 Å². The Hall–Kier alpha value is -8.97. The number of hydrogen-bond acceptors (Lipinski definition) is 3. The van der Waals surface area contributed by atoms with E-state index in [1.165, 1.54) is 41.4 Å². The van der Waals surface area contributed by atoms with Crippen LogP contribution in [0.15, 0.2) is 279 Å². The van der Waals surface area contributed by atoms with Gasteiger partial charge in [0.1, 0.15) is 17.0 Å². The van der Waals surface area contributed by atoms with E-state index < -0.39 is 10.0 Å². The predicted molar refractivity (Wildman–Crippen MR) is 289 cm³/mol. The van der Waals surface area contributed by atoms with Crippen LogP contribution < -0.4 is 0 Å². The van der Waals surface area contributed by atoms with Gasteiger partial charge in [-0.3, -0.25) is 4.57 Å². The van der Waals surface area contributed by atoms with Crippen LogP contribution in [-0.2, 0) is 0 Å². The molecule has 0 amide bonds. The summed E-state index contributed by atoms with van der Waals surface area (Å²) in [6.07, 6.45) is 0. The van der Waals surface area contributed by atoms with Gasteiger partial charge in [0.05, 0.1) is 27.8 Å². The molecule has 0 N–H and O–H groups in total. The summed E-state index contributed by atoms with van der Waals surface area (Å²) >= 11 is 0. The molecule has 0 fully saturated rings. The summed E-state index contributed by atoms with van der Waals surface area (Å²) in [6.45, 7) is 0. The van der Waals surface area contributed by atoms with E-state index in [0.717, 1.165) is 72.1 Å². The van der Waals surface area contributed by atoms with Crippen LogP contribution in [0, 0.1) is 0 Å². The van der Waals surface area contributed by atoms with Crippen molar-refractivity contribution in [3.63, 3.8) is 0 Å². The lowest BCUT2D eigenvalue weighted by Crippen LogP contribution is -2.05. The summed E-state index contributed by atoms with van der Waals surface area (Å²) in [6, 6.07) is 91.5. The Balaban J connectivity index is 0.996. The fourth-order valence-corrected chi connectivity index (χ4v) is 14.7. The van der Waals surface area contributed by atoms with Gasteiger partial charge in [0.2, 0.25) is 0 Å². The lowest BCUT2D eigenvalue weighted by atomic mass is 10.1. The lowest BCUT2D eigenvalue weighted by molar-refractivity contribution is 0.670. The average molecular weight is 915 g/mol. The molecular formula is C64H42N4OS. The normalized spacial score (nSPS) is 12.2. The molecule has 6 heteroatoms. The summed E-state index contributed by atoms with van der Waals surface area (Å²) in [5.74, 6) is 1.39. The Morgan fingerprint density at radius 3 is 1.44 bits per heavy atom. The Bertz CT molecular complexity index is 4140. The highest BCUT2D eigenvalue weighted by Crippen LogP contribution is 2.73. The smallest absolute Gasteiger partial charge is 0.162 e. The molecule has 5 nitrogen and oxygen atoms in total. The summed E-state index contributed by atoms with van der Waals surface area (Å²) in [5, 5.41) is 6.89. The van der Waals surface area contributed by atoms with Crippen LogP contribution in [-0.4, -0.2) is 19.1 Å². The Kier molecular flexibility index (Phi) is 9.22. The zero-order chi connectivity index (χ0) is 46.2. The Morgan fingerprint density at radius 2 is 0.829 bits per heavy atom. The Morgan fingerprint density at radius 1 is 0.343 bits per heavy atom. The van der Waals surface area contributed by atoms with Crippen molar-refractivity contribution in [1.29, 1.82) is 0 Å². The van der Waals surface area contributed by atoms with Crippen molar-refractivity contribution in [2.45, 2.75) is 19.6 Å². The largest absolute Gasteiger partial charge is 0.455 e. The molecule has 0 aliphatic rings. The molecule has 4 aromatic heterocycles. The Labute approximate surface area is 405 Å². The van der Waals surface area contributed by atoms with Gasteiger partial charge in [0.15, 0.2) is 5.82 Å². The van der Waals surface area contributed by atoms with Crippen molar-refractivity contribution < 1.29 is 4.42 Å². The van der Waals surface area contributed by atoms with E-state index >= 15 is 0 Å². The van der Waals surface area contributed by atoms with Crippen LogP contribution >= 0.6 is 10.0 Å². The number of para-hydroxylation sites is 5. The van der Waals surface area contributed by atoms with Crippen LogP contribution in [0.4, 0.5) is 0 Å². The number of aromatic nitrogens is 4. The number of hydrogen-bond donors (Lipinski definition) is 0. The molecule has 0 unspecified atom stereocenters. The third kappa shape index (κ3) is 6.13. The summed E-state index contributed by atoms with van der Waals surface area (Å²) in [5.41, 5.74) is 9.83. The van der Waals surface area contributed by atoms with Crippen molar-refractivity contribution in [3.8, 4) is 34.2 Å². The fraction of sp³-hybridized carbons (Fsp3) is 0. The van der Waals surface area contributed by atoms with Crippen LogP contribution in [0.3, 0.4) is 0 Å². The van der Waals surface area contributed by atoms with E-state index in [-0.39, 0.29) is 0 Å². The van der Waals surface area contributed by atoms with E-state index in [1.54, 1.807) is 0 Å². The molecule has 10 aromatic carbocycles. The van der Waals surface area contributed by atoms with Crippen molar-refractivity contribution >= 4 is 75.6 Å². The monoisotopic (exact) mass is 914 g/mol. The molecule has 0 aliphatic carbocycles. The first-order valence-corrected chi connectivity index (χ1v) is 25.3. The molecular weight excluding hydrogens is 873 g/mol. The molecule has 0 saturated heterocycles. The van der Waals surface area contributed by atoms with Gasteiger partial charge in [-0.25, -0.2) is 9.97 Å². The van der Waals surface area contributed by atoms with Crippen molar-refractivity contribution in [1.82, 2.24) is 19.1 Å². The third-order valence-corrected chi connectivity index (χ3v) is 17.8. The molecule has 330 valence electrons. The quantitative estimate of drug-likeness (QED) is 0.153. The highest BCUT2D eigenvalue weighted by Gasteiger charge is 2.33. The predicted octanol–water partition coefficient (Wildman–Crippen LogP) is 17.2. The zero-order valence-corrected chi connectivity index (χ0v) is 38.7. The SMILES string of the molecule is c1ccc(S(c2ccccc2)(c2ccccc2)c2ccc(-c3nc(-c4cccc5c4oc4ccccc45)cc(-n4c5ccccc5c5cc(-n6c7ccccc7c7ccccc76)ccc54)n3)cc2)cc1. The van der Waals surface area contributed by atoms with Gasteiger partial charge < -0.3 is 8.98 Å². The second kappa shape index (κ2) is 16.1. The van der Waals surface area contributed by atoms with Gasteiger partial charge >= 0.3 is 0 Å². The summed E-state index contributed by atoms with van der Waals surface area (Å²) in [4.78, 5) is 16.0. The highest BCUT2D eigenvalue weighted by atomic mass is 32.3. The second-order valence-corrected chi connectivity index (χ2v) is 20.8. The second-order valence-electron chi connectivity index (χ2n) is 17.7. The molecule has 4 heterocycles. The molecule has 14 rings (SSSR count). The number of furan rings is 1. The maximum atomic E-state index is 6.68. The minimum atomic E-state index is -1.89. The molecule has 70 heavy (non-hydrogen) atoms. The van der Waals surface area contributed by atoms with Crippen LogP contribution in [0.1, 0.15) is 0 Å². The number of nitrogens with zero attached hydrogens (tertiary/aromatic N) is 4. The van der Waals surface area contributed by atoms with Gasteiger partial charge in [-0.2, -0.15) is 0 Å². The van der Waals surface area contributed by atoms with Crippen LogP contribution in [0.5, 0.6) is 0 Å². The van der Waals surface area contributed by atoms with E-state index in [2.05, 4.69) is 252 Å². The summed E-state index contributed by atoms with van der Waals surface area (Å²) < 4.78 is 11.4. The highest BCUT2D eigenvalue weighted by molar-refractivity contribution is 8.34. The molecule has 0 aliphatic heterocycles. The van der Waals surface area contributed by atoms with Crippen molar-refractivity contribution in [2.24, 2.45) is 0 Å². The van der Waals surface area contributed by atoms with E-state index in [1.807, 2.05) is 12.1 Å². The molecule has 0 saturated carbocycles. The number of fused-ring (bicyclic) bond motifs is 9. The van der Waals surface area contributed by atoms with E-state index in [9.17, 15) is 0 Å².